The van der Waals surface area contributed by atoms with E-state index in [0.29, 0.717) is 5.56 Å². The van der Waals surface area contributed by atoms with Gasteiger partial charge in [0.2, 0.25) is 0 Å². The molecule has 0 saturated heterocycles. The van der Waals surface area contributed by atoms with E-state index in [9.17, 15) is 4.79 Å². The Morgan fingerprint density at radius 2 is 1.17 bits per heavy atom. The van der Waals surface area contributed by atoms with E-state index in [1.165, 1.54) is 11.1 Å². The molecule has 0 aliphatic carbocycles. The zero-order valence-corrected chi connectivity index (χ0v) is 12.5. The lowest BCUT2D eigenvalue weighted by Gasteiger charge is -2.27. The standard InChI is InChI=1S/C21H15NO/c23-15-16-9-13-19(14-10-16)22-20-7-3-1-5-17(20)11-12-18-6-2-4-8-21(18)22/h1-15H. The first-order valence-electron chi connectivity index (χ1n) is 7.58. The number of nitrogens with zero attached hydrogens (tertiary/aromatic N) is 1. The van der Waals surface area contributed by atoms with E-state index in [2.05, 4.69) is 41.3 Å². The quantitative estimate of drug-likeness (QED) is 0.458. The molecule has 2 nitrogen and oxygen atoms in total. The number of aldehydes is 1. The van der Waals surface area contributed by atoms with Gasteiger partial charge in [-0.1, -0.05) is 48.6 Å². The summed E-state index contributed by atoms with van der Waals surface area (Å²) in [7, 11) is 0. The molecule has 0 fully saturated rings. The number of benzene rings is 3. The lowest BCUT2D eigenvalue weighted by atomic mass is 10.1. The maximum atomic E-state index is 10.9. The van der Waals surface area contributed by atoms with Crippen molar-refractivity contribution in [3.63, 3.8) is 0 Å². The minimum atomic E-state index is 0.684. The van der Waals surface area contributed by atoms with Crippen molar-refractivity contribution in [1.29, 1.82) is 0 Å². The number of carbonyl (C=O) groups excluding carboxylic acids is 1. The van der Waals surface area contributed by atoms with Crippen molar-refractivity contribution in [2.45, 2.75) is 0 Å². The summed E-state index contributed by atoms with van der Waals surface area (Å²) in [6, 6.07) is 24.4. The number of carbonyl (C=O) groups is 1. The molecule has 1 aliphatic heterocycles. The molecule has 1 heterocycles. The fourth-order valence-electron chi connectivity index (χ4n) is 2.95. The highest BCUT2D eigenvalue weighted by molar-refractivity contribution is 5.93. The summed E-state index contributed by atoms with van der Waals surface area (Å²) in [6.07, 6.45) is 5.16. The van der Waals surface area contributed by atoms with Crippen molar-refractivity contribution >= 4 is 35.5 Å². The van der Waals surface area contributed by atoms with Gasteiger partial charge in [0, 0.05) is 11.3 Å². The van der Waals surface area contributed by atoms with E-state index in [-0.39, 0.29) is 0 Å². The number of fused-ring (bicyclic) bond motifs is 2. The molecule has 0 amide bonds. The first-order chi connectivity index (χ1) is 11.4. The van der Waals surface area contributed by atoms with Crippen molar-refractivity contribution < 1.29 is 4.79 Å². The molecule has 1 aliphatic rings. The zero-order valence-electron chi connectivity index (χ0n) is 12.5. The van der Waals surface area contributed by atoms with E-state index in [4.69, 9.17) is 0 Å². The molecular weight excluding hydrogens is 282 g/mol. The Morgan fingerprint density at radius 1 is 0.652 bits per heavy atom. The molecule has 3 aromatic carbocycles. The molecule has 2 heteroatoms. The van der Waals surface area contributed by atoms with Crippen LogP contribution in [0.15, 0.2) is 72.8 Å². The molecule has 110 valence electrons. The number of hydrogen-bond acceptors (Lipinski definition) is 2. The van der Waals surface area contributed by atoms with Crippen LogP contribution in [0.5, 0.6) is 0 Å². The average molecular weight is 297 g/mol. The first kappa shape index (κ1) is 13.5. The van der Waals surface area contributed by atoms with Crippen molar-refractivity contribution in [3.8, 4) is 0 Å². The van der Waals surface area contributed by atoms with Gasteiger partial charge in [0.05, 0.1) is 11.4 Å². The van der Waals surface area contributed by atoms with Crippen LogP contribution < -0.4 is 4.90 Å². The van der Waals surface area contributed by atoms with Gasteiger partial charge < -0.3 is 4.90 Å². The number of anilines is 3. The Balaban J connectivity index is 1.96. The summed E-state index contributed by atoms with van der Waals surface area (Å²) in [5, 5.41) is 0. The van der Waals surface area contributed by atoms with E-state index in [1.54, 1.807) is 0 Å². The van der Waals surface area contributed by atoms with Crippen LogP contribution in [-0.4, -0.2) is 6.29 Å². The predicted molar refractivity (Wildman–Crippen MR) is 95.4 cm³/mol. The highest BCUT2D eigenvalue weighted by Crippen LogP contribution is 2.41. The van der Waals surface area contributed by atoms with Gasteiger partial charge in [0.25, 0.3) is 0 Å². The van der Waals surface area contributed by atoms with Crippen LogP contribution in [0.25, 0.3) is 12.2 Å². The zero-order chi connectivity index (χ0) is 15.6. The second-order valence-electron chi connectivity index (χ2n) is 5.50. The van der Waals surface area contributed by atoms with E-state index >= 15 is 0 Å². The Bertz CT molecular complexity index is 844. The van der Waals surface area contributed by atoms with Gasteiger partial charge in [-0.05, 0) is 47.5 Å². The molecule has 0 radical (unpaired) electrons. The molecule has 0 atom stereocenters. The average Bonchev–Trinajstić information content (AvgIpc) is 2.79. The highest BCUT2D eigenvalue weighted by atomic mass is 16.1. The van der Waals surface area contributed by atoms with Gasteiger partial charge in [0.15, 0.2) is 0 Å². The Labute approximate surface area is 135 Å². The number of rotatable bonds is 2. The Kier molecular flexibility index (Phi) is 3.28. The molecule has 0 spiro atoms. The SMILES string of the molecule is O=Cc1ccc(N2c3ccccc3C=Cc3ccccc32)cc1. The van der Waals surface area contributed by atoms with E-state index < -0.39 is 0 Å². The molecule has 4 rings (SSSR count). The summed E-state index contributed by atoms with van der Waals surface area (Å²) in [5.41, 5.74) is 6.33. The smallest absolute Gasteiger partial charge is 0.150 e. The van der Waals surface area contributed by atoms with Crippen molar-refractivity contribution in [1.82, 2.24) is 0 Å². The summed E-state index contributed by atoms with van der Waals surface area (Å²) >= 11 is 0. The third-order valence-corrected chi connectivity index (χ3v) is 4.09. The predicted octanol–water partition coefficient (Wildman–Crippen LogP) is 5.45. The van der Waals surface area contributed by atoms with Gasteiger partial charge in [-0.25, -0.2) is 0 Å². The largest absolute Gasteiger partial charge is 0.309 e. The van der Waals surface area contributed by atoms with Crippen LogP contribution >= 0.6 is 0 Å². The minimum absolute atomic E-state index is 0.684. The maximum Gasteiger partial charge on any atom is 0.150 e. The minimum Gasteiger partial charge on any atom is -0.309 e. The van der Waals surface area contributed by atoms with Crippen LogP contribution in [0.4, 0.5) is 17.1 Å². The summed E-state index contributed by atoms with van der Waals surface area (Å²) < 4.78 is 0. The second kappa shape index (κ2) is 5.58. The topological polar surface area (TPSA) is 20.3 Å². The normalized spacial score (nSPS) is 12.3. The van der Waals surface area contributed by atoms with Crippen molar-refractivity contribution in [2.75, 3.05) is 4.90 Å². The lowest BCUT2D eigenvalue weighted by molar-refractivity contribution is 0.112. The van der Waals surface area contributed by atoms with Crippen molar-refractivity contribution in [2.24, 2.45) is 0 Å². The molecule has 0 bridgehead atoms. The number of para-hydroxylation sites is 2. The fraction of sp³-hybridized carbons (Fsp3) is 0. The third kappa shape index (κ3) is 2.34. The molecule has 0 saturated carbocycles. The van der Waals surface area contributed by atoms with Crippen LogP contribution in [-0.2, 0) is 0 Å². The Hall–Kier alpha value is -3.13. The first-order valence-corrected chi connectivity index (χ1v) is 7.58. The van der Waals surface area contributed by atoms with Gasteiger partial charge >= 0.3 is 0 Å². The van der Waals surface area contributed by atoms with E-state index in [0.717, 1.165) is 23.3 Å². The van der Waals surface area contributed by atoms with Crippen LogP contribution in [0.1, 0.15) is 21.5 Å². The lowest BCUT2D eigenvalue weighted by Crippen LogP contribution is -2.11. The molecule has 0 unspecified atom stereocenters. The summed E-state index contributed by atoms with van der Waals surface area (Å²) in [4.78, 5) is 13.2. The summed E-state index contributed by atoms with van der Waals surface area (Å²) in [5.74, 6) is 0. The van der Waals surface area contributed by atoms with E-state index in [1.807, 2.05) is 48.5 Å². The molecule has 23 heavy (non-hydrogen) atoms. The third-order valence-electron chi connectivity index (χ3n) is 4.09. The fourth-order valence-corrected chi connectivity index (χ4v) is 2.95. The molecule has 0 aromatic heterocycles. The molecule has 3 aromatic rings. The second-order valence-corrected chi connectivity index (χ2v) is 5.50. The highest BCUT2D eigenvalue weighted by Gasteiger charge is 2.18. The molecule has 0 N–H and O–H groups in total. The van der Waals surface area contributed by atoms with Crippen LogP contribution in [0.3, 0.4) is 0 Å². The molecular formula is C21H15NO. The van der Waals surface area contributed by atoms with Gasteiger partial charge in [-0.2, -0.15) is 0 Å². The van der Waals surface area contributed by atoms with Gasteiger partial charge in [-0.3, -0.25) is 4.79 Å². The van der Waals surface area contributed by atoms with Gasteiger partial charge in [-0.15, -0.1) is 0 Å². The summed E-state index contributed by atoms with van der Waals surface area (Å²) in [6.45, 7) is 0. The monoisotopic (exact) mass is 297 g/mol. The van der Waals surface area contributed by atoms with Crippen LogP contribution in [0, 0.1) is 0 Å². The Morgan fingerprint density at radius 3 is 1.70 bits per heavy atom. The van der Waals surface area contributed by atoms with Crippen molar-refractivity contribution in [3.05, 3.63) is 89.5 Å². The number of hydrogen-bond donors (Lipinski definition) is 0. The van der Waals surface area contributed by atoms with Crippen LogP contribution in [0.2, 0.25) is 0 Å². The maximum absolute atomic E-state index is 10.9. The van der Waals surface area contributed by atoms with Gasteiger partial charge in [0.1, 0.15) is 6.29 Å².